The molecule has 0 fully saturated rings. The van der Waals surface area contributed by atoms with Crippen LogP contribution in [0.5, 0.6) is 0 Å². The maximum atomic E-state index is 11.5. The number of nitrogens with zero attached hydrogens (tertiary/aromatic N) is 2. The molecule has 0 saturated carbocycles. The van der Waals surface area contributed by atoms with E-state index in [1.165, 1.54) is 0 Å². The summed E-state index contributed by atoms with van der Waals surface area (Å²) in [7, 11) is 0. The Morgan fingerprint density at radius 1 is 1.52 bits per heavy atom. The van der Waals surface area contributed by atoms with Crippen molar-refractivity contribution >= 4 is 34.3 Å². The lowest BCUT2D eigenvalue weighted by Gasteiger charge is -2.19. The van der Waals surface area contributed by atoms with Crippen LogP contribution in [0.2, 0.25) is 5.15 Å². The molecule has 2 rings (SSSR count). The van der Waals surface area contributed by atoms with Gasteiger partial charge in [0.2, 0.25) is 0 Å². The highest BCUT2D eigenvalue weighted by atomic mass is 35.5. The smallest absolute Gasteiger partial charge is 0.341 e. The second-order valence-corrected chi connectivity index (χ2v) is 5.00. The molecule has 0 saturated heterocycles. The molecule has 112 valence electrons. The molecule has 2 heterocycles. The van der Waals surface area contributed by atoms with Gasteiger partial charge in [0.1, 0.15) is 16.2 Å². The van der Waals surface area contributed by atoms with Gasteiger partial charge < -0.3 is 15.5 Å². The third kappa shape index (κ3) is 3.22. The standard InChI is InChI=1S/C14H16ClN3O3/c1-2-4-8(7-19)17-12-10(14(20)21)13(15)18-9-5-3-6-16-11(9)12/h3,5-6,8,19H,2,4,7H2,1H3,(H,17,18)(H,20,21)/t8-/m0/s1. The Labute approximate surface area is 126 Å². The van der Waals surface area contributed by atoms with Crippen LogP contribution in [0.3, 0.4) is 0 Å². The van der Waals surface area contributed by atoms with E-state index in [2.05, 4.69) is 15.3 Å². The van der Waals surface area contributed by atoms with Crippen LogP contribution in [0.25, 0.3) is 11.0 Å². The maximum absolute atomic E-state index is 11.5. The molecule has 0 aromatic carbocycles. The highest BCUT2D eigenvalue weighted by Crippen LogP contribution is 2.30. The van der Waals surface area contributed by atoms with E-state index in [1.807, 2.05) is 6.92 Å². The van der Waals surface area contributed by atoms with Crippen molar-refractivity contribution in [1.82, 2.24) is 9.97 Å². The maximum Gasteiger partial charge on any atom is 0.341 e. The molecular weight excluding hydrogens is 294 g/mol. The van der Waals surface area contributed by atoms with E-state index >= 15 is 0 Å². The Balaban J connectivity index is 2.61. The molecule has 0 spiro atoms. The van der Waals surface area contributed by atoms with E-state index in [-0.39, 0.29) is 23.4 Å². The molecule has 0 radical (unpaired) electrons. The molecule has 6 nitrogen and oxygen atoms in total. The van der Waals surface area contributed by atoms with Gasteiger partial charge in [-0.3, -0.25) is 4.98 Å². The first-order chi connectivity index (χ1) is 10.1. The van der Waals surface area contributed by atoms with Gasteiger partial charge in [0.25, 0.3) is 0 Å². The number of hydrogen-bond donors (Lipinski definition) is 3. The first kappa shape index (κ1) is 15.5. The number of halogens is 1. The summed E-state index contributed by atoms with van der Waals surface area (Å²) >= 11 is 5.98. The summed E-state index contributed by atoms with van der Waals surface area (Å²) in [4.78, 5) is 19.7. The normalized spacial score (nSPS) is 12.3. The SMILES string of the molecule is CCC[C@@H](CO)Nc1c(C(=O)O)c(Cl)nc2cccnc12. The molecule has 1 atom stereocenters. The average Bonchev–Trinajstić information content (AvgIpc) is 2.46. The summed E-state index contributed by atoms with van der Waals surface area (Å²) in [6, 6.07) is 3.14. The lowest BCUT2D eigenvalue weighted by Crippen LogP contribution is -2.25. The van der Waals surface area contributed by atoms with Crippen molar-refractivity contribution in [3.63, 3.8) is 0 Å². The monoisotopic (exact) mass is 309 g/mol. The number of anilines is 1. The van der Waals surface area contributed by atoms with Crippen LogP contribution in [0.4, 0.5) is 5.69 Å². The number of carbonyl (C=O) groups is 1. The number of aromatic carboxylic acids is 1. The highest BCUT2D eigenvalue weighted by Gasteiger charge is 2.22. The molecule has 0 aliphatic rings. The van der Waals surface area contributed by atoms with Crippen LogP contribution in [0, 0.1) is 0 Å². The number of pyridine rings is 2. The molecule has 0 unspecified atom stereocenters. The average molecular weight is 310 g/mol. The van der Waals surface area contributed by atoms with E-state index in [4.69, 9.17) is 11.6 Å². The fourth-order valence-electron chi connectivity index (χ4n) is 2.16. The lowest BCUT2D eigenvalue weighted by molar-refractivity contribution is 0.0697. The van der Waals surface area contributed by atoms with Gasteiger partial charge in [0.15, 0.2) is 0 Å². The summed E-state index contributed by atoms with van der Waals surface area (Å²) in [6.45, 7) is 1.87. The van der Waals surface area contributed by atoms with Crippen molar-refractivity contribution in [1.29, 1.82) is 0 Å². The van der Waals surface area contributed by atoms with Crippen LogP contribution < -0.4 is 5.32 Å². The Morgan fingerprint density at radius 2 is 2.29 bits per heavy atom. The molecule has 7 heteroatoms. The summed E-state index contributed by atoms with van der Waals surface area (Å²) in [6.07, 6.45) is 3.11. The number of fused-ring (bicyclic) bond motifs is 1. The molecule has 3 N–H and O–H groups in total. The minimum Gasteiger partial charge on any atom is -0.478 e. The molecular formula is C14H16ClN3O3. The number of aliphatic hydroxyl groups excluding tert-OH is 1. The predicted molar refractivity (Wildman–Crippen MR) is 80.9 cm³/mol. The van der Waals surface area contributed by atoms with E-state index in [9.17, 15) is 15.0 Å². The third-order valence-electron chi connectivity index (χ3n) is 3.12. The molecule has 0 bridgehead atoms. The first-order valence-electron chi connectivity index (χ1n) is 6.63. The van der Waals surface area contributed by atoms with Crippen molar-refractivity contribution in [2.75, 3.05) is 11.9 Å². The fraction of sp³-hybridized carbons (Fsp3) is 0.357. The molecule has 21 heavy (non-hydrogen) atoms. The zero-order valence-corrected chi connectivity index (χ0v) is 12.3. The number of aliphatic hydroxyl groups is 1. The van der Waals surface area contributed by atoms with Crippen molar-refractivity contribution in [3.8, 4) is 0 Å². The van der Waals surface area contributed by atoms with Gasteiger partial charge in [-0.2, -0.15) is 0 Å². The Hall–Kier alpha value is -1.92. The predicted octanol–water partition coefficient (Wildman–Crippen LogP) is 2.55. The summed E-state index contributed by atoms with van der Waals surface area (Å²) in [5.41, 5.74) is 1.10. The van der Waals surface area contributed by atoms with Crippen molar-refractivity contribution in [3.05, 3.63) is 29.0 Å². The van der Waals surface area contributed by atoms with Gasteiger partial charge in [-0.05, 0) is 18.6 Å². The van der Waals surface area contributed by atoms with Crippen molar-refractivity contribution in [2.24, 2.45) is 0 Å². The zero-order valence-electron chi connectivity index (χ0n) is 11.5. The molecule has 0 aliphatic carbocycles. The summed E-state index contributed by atoms with van der Waals surface area (Å²) in [5, 5.41) is 21.7. The molecule has 0 aliphatic heterocycles. The number of nitrogens with one attached hydrogen (secondary N) is 1. The quantitative estimate of drug-likeness (QED) is 0.710. The summed E-state index contributed by atoms with van der Waals surface area (Å²) in [5.74, 6) is -1.18. The zero-order chi connectivity index (χ0) is 15.4. The van der Waals surface area contributed by atoms with Crippen molar-refractivity contribution < 1.29 is 15.0 Å². The molecule has 0 amide bonds. The molecule has 2 aromatic heterocycles. The third-order valence-corrected chi connectivity index (χ3v) is 3.39. The van der Waals surface area contributed by atoms with Crippen LogP contribution in [-0.4, -0.2) is 38.8 Å². The van der Waals surface area contributed by atoms with E-state index in [0.29, 0.717) is 23.1 Å². The largest absolute Gasteiger partial charge is 0.478 e. The number of rotatable bonds is 6. The lowest BCUT2D eigenvalue weighted by atomic mass is 10.1. The van der Waals surface area contributed by atoms with Gasteiger partial charge in [-0.15, -0.1) is 0 Å². The van der Waals surface area contributed by atoms with Gasteiger partial charge >= 0.3 is 5.97 Å². The minimum atomic E-state index is -1.18. The highest BCUT2D eigenvalue weighted by molar-refractivity contribution is 6.34. The topological polar surface area (TPSA) is 95.3 Å². The Bertz CT molecular complexity index is 663. The van der Waals surface area contributed by atoms with Gasteiger partial charge in [-0.1, -0.05) is 24.9 Å². The second kappa shape index (κ2) is 6.69. The summed E-state index contributed by atoms with van der Waals surface area (Å²) < 4.78 is 0. The van der Waals surface area contributed by atoms with E-state index < -0.39 is 5.97 Å². The Morgan fingerprint density at radius 3 is 2.90 bits per heavy atom. The minimum absolute atomic E-state index is 0.0984. The van der Waals surface area contributed by atoms with Gasteiger partial charge in [0.05, 0.1) is 17.8 Å². The second-order valence-electron chi connectivity index (χ2n) is 4.64. The van der Waals surface area contributed by atoms with E-state index in [1.54, 1.807) is 18.3 Å². The first-order valence-corrected chi connectivity index (χ1v) is 7.01. The fourth-order valence-corrected chi connectivity index (χ4v) is 2.43. The molecule has 2 aromatic rings. The van der Waals surface area contributed by atoms with Crippen LogP contribution in [0.1, 0.15) is 30.1 Å². The van der Waals surface area contributed by atoms with Crippen LogP contribution in [-0.2, 0) is 0 Å². The van der Waals surface area contributed by atoms with Gasteiger partial charge in [0, 0.05) is 12.2 Å². The van der Waals surface area contributed by atoms with Gasteiger partial charge in [-0.25, -0.2) is 9.78 Å². The van der Waals surface area contributed by atoms with Crippen LogP contribution in [0.15, 0.2) is 18.3 Å². The number of carboxylic acids is 1. The number of hydrogen-bond acceptors (Lipinski definition) is 5. The van der Waals surface area contributed by atoms with Crippen molar-refractivity contribution in [2.45, 2.75) is 25.8 Å². The van der Waals surface area contributed by atoms with E-state index in [0.717, 1.165) is 6.42 Å². The van der Waals surface area contributed by atoms with Crippen LogP contribution >= 0.6 is 11.6 Å². The Kier molecular flexibility index (Phi) is 4.93. The number of aromatic nitrogens is 2. The number of carboxylic acid groups (broad SMARTS) is 1.